The number of rotatable bonds is 2. The minimum absolute atomic E-state index is 0.0168. The summed E-state index contributed by atoms with van der Waals surface area (Å²) in [4.78, 5) is 45.6. The van der Waals surface area contributed by atoms with E-state index in [4.69, 9.17) is 34.7 Å². The Kier molecular flexibility index (Phi) is 6.49. The Morgan fingerprint density at radius 3 is 2.57 bits per heavy atom. The molecule has 7 rings (SSSR count). The zero-order valence-electron chi connectivity index (χ0n) is 21.4. The predicted molar refractivity (Wildman–Crippen MR) is 137 cm³/mol. The van der Waals surface area contributed by atoms with E-state index in [1.165, 1.54) is 28.1 Å². The summed E-state index contributed by atoms with van der Waals surface area (Å²) in [5, 5.41) is 22.2. The van der Waals surface area contributed by atoms with E-state index in [2.05, 4.69) is 29.9 Å². The van der Waals surface area contributed by atoms with E-state index in [0.717, 1.165) is 0 Å². The fourth-order valence-corrected chi connectivity index (χ4v) is 6.43. The molecule has 224 valence electrons. The normalized spacial score (nSPS) is 35.7. The van der Waals surface area contributed by atoms with Crippen LogP contribution in [0, 0.1) is 5.92 Å². The van der Waals surface area contributed by atoms with Crippen molar-refractivity contribution < 1.29 is 42.9 Å². The maximum atomic E-state index is 13.1. The van der Waals surface area contributed by atoms with Crippen molar-refractivity contribution in [1.82, 2.24) is 39.0 Å². The highest BCUT2D eigenvalue weighted by Gasteiger charge is 2.52. The SMILES string of the molecule is Nc1nc2c(ncn2[C@@H]2OC3OCC[C@H]4[C@H](O)[C@H](n5cnc6c(N)ncnc65)O[C@@H]4COP(=O)(O)O[C@@H]2[C@@H]3O)c(=O)[nH]1. The fraction of sp³-hybridized carbons (Fsp3) is 0.524. The number of fused-ring (bicyclic) bond motifs is 5. The van der Waals surface area contributed by atoms with Gasteiger partial charge in [-0.1, -0.05) is 0 Å². The van der Waals surface area contributed by atoms with Gasteiger partial charge in [0, 0.05) is 5.92 Å². The number of aromatic nitrogens is 8. The van der Waals surface area contributed by atoms with Crippen molar-refractivity contribution in [2.75, 3.05) is 24.7 Å². The quantitative estimate of drug-likeness (QED) is 0.136. The fourth-order valence-electron chi connectivity index (χ4n) is 5.49. The zero-order valence-corrected chi connectivity index (χ0v) is 22.3. The number of phosphoric ester groups is 1. The van der Waals surface area contributed by atoms with Gasteiger partial charge in [-0.2, -0.15) is 4.98 Å². The van der Waals surface area contributed by atoms with Crippen molar-refractivity contribution in [3.63, 3.8) is 0 Å². The molecule has 0 radical (unpaired) electrons. The molecule has 0 saturated carbocycles. The maximum absolute atomic E-state index is 13.1. The van der Waals surface area contributed by atoms with Gasteiger partial charge in [-0.3, -0.25) is 28.0 Å². The first kappa shape index (κ1) is 27.3. The summed E-state index contributed by atoms with van der Waals surface area (Å²) in [5.74, 6) is -0.717. The molecule has 8 N–H and O–H groups in total. The Hall–Kier alpha value is -3.59. The molecule has 3 saturated heterocycles. The monoisotopic (exact) mass is 608 g/mol. The van der Waals surface area contributed by atoms with E-state index < -0.39 is 69.1 Å². The molecule has 3 aliphatic heterocycles. The Bertz CT molecular complexity index is 1760. The first-order chi connectivity index (χ1) is 20.1. The lowest BCUT2D eigenvalue weighted by molar-refractivity contribution is -0.178. The van der Waals surface area contributed by atoms with Gasteiger partial charge >= 0.3 is 7.82 Å². The molecule has 0 aliphatic carbocycles. The number of H-pyrrole nitrogens is 1. The molecule has 7 heterocycles. The number of phosphoric acid groups is 1. The molecular formula is C21H25N10O10P. The molecule has 4 aromatic heterocycles. The van der Waals surface area contributed by atoms with E-state index in [-0.39, 0.29) is 36.0 Å². The Balaban J connectivity index is 1.17. The average molecular weight is 608 g/mol. The number of nitrogens with two attached hydrogens (primary N) is 2. The molecule has 4 aromatic rings. The number of aliphatic hydroxyl groups is 2. The van der Waals surface area contributed by atoms with Gasteiger partial charge in [-0.25, -0.2) is 24.5 Å². The number of aliphatic hydroxyl groups excluding tert-OH is 2. The molecule has 9 atom stereocenters. The summed E-state index contributed by atoms with van der Waals surface area (Å²) < 4.78 is 44.2. The molecule has 2 bridgehead atoms. The molecule has 0 amide bonds. The van der Waals surface area contributed by atoms with E-state index in [9.17, 15) is 24.5 Å². The van der Waals surface area contributed by atoms with Gasteiger partial charge in [0.25, 0.3) is 5.56 Å². The van der Waals surface area contributed by atoms with Crippen LogP contribution in [0.3, 0.4) is 0 Å². The topological polar surface area (TPSA) is 283 Å². The van der Waals surface area contributed by atoms with E-state index >= 15 is 0 Å². The van der Waals surface area contributed by atoms with Gasteiger partial charge in [0.05, 0.1) is 32.0 Å². The van der Waals surface area contributed by atoms with Gasteiger partial charge in [0.2, 0.25) is 5.95 Å². The molecule has 21 heteroatoms. The van der Waals surface area contributed by atoms with Crippen molar-refractivity contribution in [3.05, 3.63) is 29.3 Å². The van der Waals surface area contributed by atoms with E-state index in [1.807, 2.05) is 0 Å². The summed E-state index contributed by atoms with van der Waals surface area (Å²) in [5.41, 5.74) is 11.5. The molecular weight excluding hydrogens is 583 g/mol. The zero-order chi connectivity index (χ0) is 29.3. The number of imidazole rings is 2. The number of aromatic amines is 1. The first-order valence-corrected chi connectivity index (χ1v) is 14.2. The van der Waals surface area contributed by atoms with E-state index in [0.29, 0.717) is 11.2 Å². The molecule has 3 aliphatic rings. The lowest BCUT2D eigenvalue weighted by Crippen LogP contribution is -2.37. The number of nitrogens with one attached hydrogen (secondary N) is 1. The Morgan fingerprint density at radius 1 is 1.00 bits per heavy atom. The second-order valence-electron chi connectivity index (χ2n) is 9.96. The van der Waals surface area contributed by atoms with Gasteiger partial charge in [0.1, 0.15) is 30.2 Å². The summed E-state index contributed by atoms with van der Waals surface area (Å²) in [6.07, 6.45) is -4.78. The van der Waals surface area contributed by atoms with Gasteiger partial charge in [-0.15, -0.1) is 0 Å². The lowest BCUT2D eigenvalue weighted by atomic mass is 9.95. The molecule has 42 heavy (non-hydrogen) atoms. The minimum Gasteiger partial charge on any atom is -0.388 e. The maximum Gasteiger partial charge on any atom is 0.472 e. The van der Waals surface area contributed by atoms with Crippen molar-refractivity contribution in [3.8, 4) is 0 Å². The Labute approximate surface area is 233 Å². The number of nitrogen functional groups attached to an aromatic ring is 2. The summed E-state index contributed by atoms with van der Waals surface area (Å²) in [6.45, 7) is -0.489. The number of ether oxygens (including phenoxy) is 3. The second-order valence-corrected chi connectivity index (χ2v) is 11.4. The van der Waals surface area contributed by atoms with Crippen LogP contribution in [0.4, 0.5) is 11.8 Å². The van der Waals surface area contributed by atoms with Crippen molar-refractivity contribution >= 4 is 41.9 Å². The summed E-state index contributed by atoms with van der Waals surface area (Å²) in [7, 11) is -4.90. The predicted octanol–water partition coefficient (Wildman–Crippen LogP) is -1.86. The second kappa shape index (κ2) is 10.0. The number of hydrogen-bond acceptors (Lipinski definition) is 16. The van der Waals surface area contributed by atoms with Gasteiger partial charge in [-0.05, 0) is 6.42 Å². The van der Waals surface area contributed by atoms with Crippen LogP contribution in [0.1, 0.15) is 18.9 Å². The average Bonchev–Trinajstić information content (AvgIpc) is 3.69. The van der Waals surface area contributed by atoms with Crippen LogP contribution in [0.15, 0.2) is 23.8 Å². The Morgan fingerprint density at radius 2 is 1.76 bits per heavy atom. The highest BCUT2D eigenvalue weighted by Crippen LogP contribution is 2.51. The largest absolute Gasteiger partial charge is 0.472 e. The smallest absolute Gasteiger partial charge is 0.388 e. The highest BCUT2D eigenvalue weighted by atomic mass is 31.2. The molecule has 2 unspecified atom stereocenters. The third-order valence-corrected chi connectivity index (χ3v) is 8.45. The summed E-state index contributed by atoms with van der Waals surface area (Å²) >= 11 is 0. The van der Waals surface area contributed by atoms with Crippen molar-refractivity contribution in [2.24, 2.45) is 5.92 Å². The standard InChI is InChI=1S/C21H25N10O10P/c22-14-9-15(25-4-24-14)30(5-26-9)18-11(32)7-1-2-37-20-12(33)13(41-42(35,36)38-3-8(7)39-18)19(40-20)31-6-27-10-16(31)28-21(23)29-17(10)34/h4-8,11-13,18-20,32-33H,1-3H2,(H,35,36)(H2,22,24,25)(H3,23,28,29,34)/t7-,8-,11+,12+,13-,18-,19-,20?/m1/s1. The third-order valence-electron chi connectivity index (χ3n) is 7.47. The molecule has 20 nitrogen and oxygen atoms in total. The van der Waals surface area contributed by atoms with Crippen LogP contribution in [0.25, 0.3) is 22.3 Å². The van der Waals surface area contributed by atoms with Crippen LogP contribution < -0.4 is 17.0 Å². The third kappa shape index (κ3) is 4.44. The van der Waals surface area contributed by atoms with Crippen LogP contribution >= 0.6 is 7.82 Å². The van der Waals surface area contributed by atoms with Gasteiger partial charge < -0.3 is 40.8 Å². The first-order valence-electron chi connectivity index (χ1n) is 12.7. The number of hydrogen-bond donors (Lipinski definition) is 6. The number of nitrogens with zero attached hydrogens (tertiary/aromatic N) is 7. The molecule has 0 spiro atoms. The number of anilines is 2. The van der Waals surface area contributed by atoms with Crippen molar-refractivity contribution in [2.45, 2.75) is 49.6 Å². The van der Waals surface area contributed by atoms with Crippen LogP contribution in [0.2, 0.25) is 0 Å². The lowest BCUT2D eigenvalue weighted by Gasteiger charge is -2.26. The van der Waals surface area contributed by atoms with Crippen LogP contribution in [0.5, 0.6) is 0 Å². The van der Waals surface area contributed by atoms with Crippen LogP contribution in [-0.2, 0) is 27.8 Å². The molecule has 3 fully saturated rings. The highest BCUT2D eigenvalue weighted by molar-refractivity contribution is 7.47. The van der Waals surface area contributed by atoms with E-state index in [1.54, 1.807) is 0 Å². The minimum atomic E-state index is -4.90. The van der Waals surface area contributed by atoms with Gasteiger partial charge in [0.15, 0.2) is 41.4 Å². The van der Waals surface area contributed by atoms with Crippen LogP contribution in [-0.4, -0.2) is 98.1 Å². The molecule has 0 aromatic carbocycles. The van der Waals surface area contributed by atoms with Crippen molar-refractivity contribution in [1.29, 1.82) is 0 Å². The summed E-state index contributed by atoms with van der Waals surface area (Å²) in [6, 6.07) is 0.